The van der Waals surface area contributed by atoms with E-state index < -0.39 is 0 Å². The highest BCUT2D eigenvalue weighted by Gasteiger charge is 2.26. The van der Waals surface area contributed by atoms with Crippen molar-refractivity contribution in [1.82, 2.24) is 35.2 Å². The molecular weight excluding hydrogens is 438 g/mol. The van der Waals surface area contributed by atoms with Gasteiger partial charge in [-0.15, -0.1) is 16.4 Å². The van der Waals surface area contributed by atoms with Crippen LogP contribution in [0.5, 0.6) is 11.8 Å². The van der Waals surface area contributed by atoms with Crippen molar-refractivity contribution in [3.8, 4) is 17.4 Å². The van der Waals surface area contributed by atoms with Gasteiger partial charge in [-0.3, -0.25) is 0 Å². The van der Waals surface area contributed by atoms with Gasteiger partial charge in [0.05, 0.1) is 16.4 Å². The Bertz CT molecular complexity index is 1140. The van der Waals surface area contributed by atoms with Crippen LogP contribution in [0.25, 0.3) is 5.69 Å². The second-order valence-corrected chi connectivity index (χ2v) is 8.92. The number of hydrogen-bond donors (Lipinski definition) is 0. The Hall–Kier alpha value is -3.40. The number of aryl methyl sites for hydroxylation is 1. The minimum Gasteiger partial charge on any atom is -0.487 e. The van der Waals surface area contributed by atoms with Crippen molar-refractivity contribution in [2.75, 3.05) is 0 Å². The predicted molar refractivity (Wildman–Crippen MR) is 123 cm³/mol. The minimum atomic E-state index is 0.174. The summed E-state index contributed by atoms with van der Waals surface area (Å²) in [5, 5.41) is 14.5. The molecule has 0 aliphatic heterocycles. The van der Waals surface area contributed by atoms with Crippen LogP contribution in [0.1, 0.15) is 54.8 Å². The lowest BCUT2D eigenvalue weighted by Crippen LogP contribution is -2.24. The maximum Gasteiger partial charge on any atom is 0.316 e. The molecule has 33 heavy (non-hydrogen) atoms. The molecule has 1 aromatic carbocycles. The van der Waals surface area contributed by atoms with E-state index in [2.05, 4.69) is 37.8 Å². The molecule has 0 N–H and O–H groups in total. The third-order valence-electron chi connectivity index (χ3n) is 5.79. The van der Waals surface area contributed by atoms with Crippen LogP contribution in [0, 0.1) is 0 Å². The van der Waals surface area contributed by atoms with Crippen molar-refractivity contribution >= 4 is 11.3 Å². The highest BCUT2D eigenvalue weighted by molar-refractivity contribution is 7.09. The van der Waals surface area contributed by atoms with E-state index in [1.807, 2.05) is 36.7 Å². The number of aromatic nitrogens is 7. The first-order valence-electron chi connectivity index (χ1n) is 11.1. The van der Waals surface area contributed by atoms with E-state index >= 15 is 0 Å². The second kappa shape index (κ2) is 10.0. The van der Waals surface area contributed by atoms with Gasteiger partial charge in [0.15, 0.2) is 0 Å². The molecule has 0 unspecified atom stereocenters. The van der Waals surface area contributed by atoms with Crippen LogP contribution in [0.4, 0.5) is 0 Å². The zero-order chi connectivity index (χ0) is 22.5. The van der Waals surface area contributed by atoms with Crippen molar-refractivity contribution in [2.24, 2.45) is 0 Å². The molecule has 3 aromatic heterocycles. The van der Waals surface area contributed by atoms with E-state index in [9.17, 15) is 0 Å². The van der Waals surface area contributed by atoms with E-state index in [4.69, 9.17) is 14.5 Å². The summed E-state index contributed by atoms with van der Waals surface area (Å²) < 4.78 is 13.5. The Morgan fingerprint density at radius 2 is 1.85 bits per heavy atom. The first-order valence-corrected chi connectivity index (χ1v) is 12.0. The fourth-order valence-electron chi connectivity index (χ4n) is 3.87. The van der Waals surface area contributed by atoms with Crippen molar-refractivity contribution in [3.05, 3.63) is 64.6 Å². The van der Waals surface area contributed by atoms with Crippen LogP contribution < -0.4 is 9.47 Å². The highest BCUT2D eigenvalue weighted by atomic mass is 32.1. The molecule has 9 nitrogen and oxygen atoms in total. The van der Waals surface area contributed by atoms with Crippen LogP contribution in [0.2, 0.25) is 0 Å². The van der Waals surface area contributed by atoms with Crippen LogP contribution in [-0.4, -0.2) is 41.3 Å². The summed E-state index contributed by atoms with van der Waals surface area (Å²) >= 11 is 1.72. The largest absolute Gasteiger partial charge is 0.487 e. The zero-order valence-electron chi connectivity index (χ0n) is 18.4. The molecule has 3 heterocycles. The summed E-state index contributed by atoms with van der Waals surface area (Å²) in [5.41, 5.74) is 2.96. The Morgan fingerprint density at radius 3 is 2.55 bits per heavy atom. The highest BCUT2D eigenvalue weighted by Crippen LogP contribution is 2.35. The van der Waals surface area contributed by atoms with Gasteiger partial charge in [-0.2, -0.15) is 0 Å². The summed E-state index contributed by atoms with van der Waals surface area (Å²) in [6.45, 7) is 2.54. The molecule has 1 aliphatic carbocycles. The number of benzene rings is 1. The Labute approximate surface area is 195 Å². The van der Waals surface area contributed by atoms with Gasteiger partial charge < -0.3 is 9.47 Å². The maximum atomic E-state index is 5.99. The number of hydrogen-bond acceptors (Lipinski definition) is 9. The molecule has 0 saturated heterocycles. The molecular formula is C23H25N7O2S. The van der Waals surface area contributed by atoms with Crippen LogP contribution >= 0.6 is 11.3 Å². The van der Waals surface area contributed by atoms with Crippen molar-refractivity contribution in [1.29, 1.82) is 0 Å². The van der Waals surface area contributed by atoms with Gasteiger partial charge in [0.2, 0.25) is 0 Å². The summed E-state index contributed by atoms with van der Waals surface area (Å²) in [4.78, 5) is 13.5. The molecule has 0 atom stereocenters. The van der Waals surface area contributed by atoms with Gasteiger partial charge >= 0.3 is 6.01 Å². The number of thiazole rings is 1. The zero-order valence-corrected chi connectivity index (χ0v) is 19.2. The number of nitrogens with zero attached hydrogens (tertiary/aromatic N) is 7. The first kappa shape index (κ1) is 21.4. The maximum absolute atomic E-state index is 5.99. The van der Waals surface area contributed by atoms with Gasteiger partial charge in [-0.25, -0.2) is 19.6 Å². The topological polar surface area (TPSA) is 101 Å². The quantitative estimate of drug-likeness (QED) is 0.384. The van der Waals surface area contributed by atoms with E-state index in [-0.39, 0.29) is 6.10 Å². The Morgan fingerprint density at radius 1 is 1.06 bits per heavy atom. The average molecular weight is 464 g/mol. The molecule has 1 saturated carbocycles. The third-order valence-corrected chi connectivity index (χ3v) is 6.85. The Balaban J connectivity index is 1.10. The van der Waals surface area contributed by atoms with Gasteiger partial charge in [0, 0.05) is 23.7 Å². The lowest BCUT2D eigenvalue weighted by molar-refractivity contribution is 0.134. The lowest BCUT2D eigenvalue weighted by atomic mass is 9.88. The SMILES string of the molecule is CCc1cnc(O[C@H]2CC[C@H](c3nc(COc4ccc(-n5cnnn5)cc4)cs3)CC2)nc1. The van der Waals surface area contributed by atoms with E-state index in [0.29, 0.717) is 18.5 Å². The van der Waals surface area contributed by atoms with E-state index in [1.165, 1.54) is 5.01 Å². The summed E-state index contributed by atoms with van der Waals surface area (Å²) in [6.07, 6.45) is 10.4. The molecule has 5 rings (SSSR count). The van der Waals surface area contributed by atoms with Gasteiger partial charge in [0.1, 0.15) is 24.8 Å². The minimum absolute atomic E-state index is 0.174. The molecule has 1 aliphatic rings. The van der Waals surface area contributed by atoms with E-state index in [0.717, 1.165) is 54.8 Å². The van der Waals surface area contributed by atoms with Crippen molar-refractivity contribution in [3.63, 3.8) is 0 Å². The van der Waals surface area contributed by atoms with Crippen LogP contribution in [-0.2, 0) is 13.0 Å². The number of ether oxygens (including phenoxy) is 2. The monoisotopic (exact) mass is 463 g/mol. The van der Waals surface area contributed by atoms with Gasteiger partial charge in [-0.1, -0.05) is 6.92 Å². The molecule has 0 spiro atoms. The van der Waals surface area contributed by atoms with Crippen LogP contribution in [0.15, 0.2) is 48.4 Å². The smallest absolute Gasteiger partial charge is 0.316 e. The molecule has 0 radical (unpaired) electrons. The normalized spacial score (nSPS) is 18.2. The summed E-state index contributed by atoms with van der Waals surface area (Å²) in [6, 6.07) is 8.13. The molecule has 10 heteroatoms. The predicted octanol–water partition coefficient (Wildman–Crippen LogP) is 4.16. The van der Waals surface area contributed by atoms with Gasteiger partial charge in [0.25, 0.3) is 0 Å². The third kappa shape index (κ3) is 5.33. The lowest BCUT2D eigenvalue weighted by Gasteiger charge is -2.27. The Kier molecular flexibility index (Phi) is 6.52. The molecule has 1 fully saturated rings. The number of rotatable bonds is 8. The fraction of sp³-hybridized carbons (Fsp3) is 0.391. The molecule has 0 bridgehead atoms. The standard InChI is InChI=1S/C23H25N7O2S/c1-2-16-11-24-23(25-12-16)32-21-7-3-17(4-8-21)22-27-18(14-33-22)13-31-20-9-5-19(6-10-20)30-15-26-28-29-30/h5-6,9-12,14-15,17,21H,2-4,7-8,13H2,1H3/t17-,21-. The summed E-state index contributed by atoms with van der Waals surface area (Å²) in [5.74, 6) is 1.26. The average Bonchev–Trinajstić information content (AvgIpc) is 3.57. The molecule has 4 aromatic rings. The van der Waals surface area contributed by atoms with Crippen LogP contribution in [0.3, 0.4) is 0 Å². The van der Waals surface area contributed by atoms with Crippen molar-refractivity contribution in [2.45, 2.75) is 57.7 Å². The van der Waals surface area contributed by atoms with Crippen molar-refractivity contribution < 1.29 is 9.47 Å². The first-order chi connectivity index (χ1) is 16.3. The van der Waals surface area contributed by atoms with E-state index in [1.54, 1.807) is 22.3 Å². The molecule has 0 amide bonds. The number of tetrazole rings is 1. The second-order valence-electron chi connectivity index (χ2n) is 8.03. The van der Waals surface area contributed by atoms with Gasteiger partial charge in [-0.05, 0) is 72.4 Å². The molecule has 170 valence electrons. The fourth-order valence-corrected chi connectivity index (χ4v) is 4.85. The summed E-state index contributed by atoms with van der Waals surface area (Å²) in [7, 11) is 0.